The van der Waals surface area contributed by atoms with Gasteiger partial charge in [-0.25, -0.2) is 8.42 Å². The topological polar surface area (TPSA) is 91.3 Å². The molecule has 72 heavy (non-hydrogen) atoms. The molecule has 10 heteroatoms. The number of aliphatic hydroxyl groups is 1. The van der Waals surface area contributed by atoms with Gasteiger partial charge in [0.1, 0.15) is 0 Å². The normalized spacial score (nSPS) is 13.6. The molecule has 1 aromatic rings. The van der Waals surface area contributed by atoms with Crippen molar-refractivity contribution in [3.8, 4) is 0 Å². The molecule has 0 aliphatic carbocycles. The highest BCUT2D eigenvalue weighted by Gasteiger charge is 2.39. The molecule has 1 aromatic carbocycles. The van der Waals surface area contributed by atoms with Gasteiger partial charge in [0.2, 0.25) is 0 Å². The third-order valence-electron chi connectivity index (χ3n) is 15.7. The molecular formula is C62H124O7SSi2. The van der Waals surface area contributed by atoms with E-state index in [0.29, 0.717) is 37.9 Å². The molecule has 0 heterocycles. The molecule has 0 aliphatic heterocycles. The summed E-state index contributed by atoms with van der Waals surface area (Å²) in [5.74, 6) is -0.111. The number of hydrogen-bond acceptors (Lipinski definition) is 7. The van der Waals surface area contributed by atoms with Gasteiger partial charge in [0.15, 0.2) is 26.5 Å². The largest absolute Gasteiger partial charge is 0.416 e. The number of aryl methyl sites for hydroxylation is 1. The van der Waals surface area contributed by atoms with Gasteiger partial charge in [-0.05, 0) is 68.2 Å². The standard InChI is InChI=1S/C35H66O4SSi.C27H58O3Si/c1-8-9-10-11-12-13-14-15-16-17-18-19-20-21-22-23-28-38-29-33(30-39-41(6,7)35(3,4)5)31-40(36,37)34-26-24-32(2)25-27-34;1-7-8-9-10-11-12-13-14-15-16-17-18-19-20-21-22-23-29-24-26(28)25-30-31(5,6)27(2,3)4/h24-27,33H,8-23,28-31H2,1-7H3;26,28H,7-25H2,1-6H3/t33-;26-/m00/s1. The van der Waals surface area contributed by atoms with Crippen LogP contribution in [0.15, 0.2) is 29.2 Å². The van der Waals surface area contributed by atoms with Gasteiger partial charge in [-0.3, -0.25) is 0 Å². The van der Waals surface area contributed by atoms with Crippen LogP contribution in [0, 0.1) is 12.8 Å². The number of sulfone groups is 1. The van der Waals surface area contributed by atoms with Gasteiger partial charge in [-0.15, -0.1) is 0 Å². The van der Waals surface area contributed by atoms with Crippen LogP contribution in [0.1, 0.15) is 266 Å². The average molecular weight is 1070 g/mol. The second-order valence-corrected chi connectivity index (χ2v) is 36.7. The Bertz CT molecular complexity index is 1450. The van der Waals surface area contributed by atoms with Gasteiger partial charge in [0.25, 0.3) is 0 Å². The van der Waals surface area contributed by atoms with Crippen molar-refractivity contribution >= 4 is 26.5 Å². The van der Waals surface area contributed by atoms with Crippen LogP contribution in [0.2, 0.25) is 36.3 Å². The molecule has 1 N–H and O–H groups in total. The molecule has 0 unspecified atom stereocenters. The summed E-state index contributed by atoms with van der Waals surface area (Å²) in [4.78, 5) is 0.387. The summed E-state index contributed by atoms with van der Waals surface area (Å²) in [6.07, 6.45) is 43.3. The van der Waals surface area contributed by atoms with Crippen molar-refractivity contribution in [1.29, 1.82) is 0 Å². The predicted molar refractivity (Wildman–Crippen MR) is 320 cm³/mol. The van der Waals surface area contributed by atoms with Crippen LogP contribution in [0.4, 0.5) is 0 Å². The second-order valence-electron chi connectivity index (χ2n) is 25.0. The number of ether oxygens (including phenoxy) is 2. The van der Waals surface area contributed by atoms with E-state index in [1.807, 2.05) is 19.1 Å². The lowest BCUT2D eigenvalue weighted by Crippen LogP contribution is -2.43. The van der Waals surface area contributed by atoms with E-state index in [1.165, 1.54) is 193 Å². The van der Waals surface area contributed by atoms with E-state index in [9.17, 15) is 13.5 Å². The number of rotatable bonds is 47. The van der Waals surface area contributed by atoms with Crippen LogP contribution < -0.4 is 0 Å². The van der Waals surface area contributed by atoms with Crippen molar-refractivity contribution in [2.45, 2.75) is 315 Å². The van der Waals surface area contributed by atoms with Gasteiger partial charge < -0.3 is 23.4 Å². The van der Waals surface area contributed by atoms with E-state index in [0.717, 1.165) is 25.0 Å². The highest BCUT2D eigenvalue weighted by atomic mass is 32.2. The molecule has 428 valence electrons. The summed E-state index contributed by atoms with van der Waals surface area (Å²) in [6, 6.07) is 7.16. The second kappa shape index (κ2) is 43.4. The third kappa shape index (κ3) is 39.7. The summed E-state index contributed by atoms with van der Waals surface area (Å²) in [5, 5.41) is 10.4. The molecule has 0 fully saturated rings. The summed E-state index contributed by atoms with van der Waals surface area (Å²) in [6.45, 7) is 31.8. The lowest BCUT2D eigenvalue weighted by molar-refractivity contribution is 0.00808. The molecule has 0 spiro atoms. The summed E-state index contributed by atoms with van der Waals surface area (Å²) in [5.41, 5.74) is 1.06. The van der Waals surface area contributed by atoms with Crippen LogP contribution in [0.25, 0.3) is 0 Å². The molecule has 0 aromatic heterocycles. The first-order valence-corrected chi connectivity index (χ1v) is 38.0. The fraction of sp³-hybridized carbons (Fsp3) is 0.903. The molecule has 0 bridgehead atoms. The average Bonchev–Trinajstić information content (AvgIpc) is 3.31. The highest BCUT2D eigenvalue weighted by molar-refractivity contribution is 7.91. The van der Waals surface area contributed by atoms with Gasteiger partial charge in [-0.1, -0.05) is 266 Å². The summed E-state index contributed by atoms with van der Waals surface area (Å²) < 4.78 is 50.5. The Kier molecular flexibility index (Phi) is 43.0. The van der Waals surface area contributed by atoms with Gasteiger partial charge >= 0.3 is 0 Å². The van der Waals surface area contributed by atoms with Crippen LogP contribution in [0.3, 0.4) is 0 Å². The Morgan fingerprint density at radius 3 is 1.06 bits per heavy atom. The zero-order valence-electron chi connectivity index (χ0n) is 50.3. The van der Waals surface area contributed by atoms with Gasteiger partial charge in [-0.2, -0.15) is 0 Å². The number of aliphatic hydroxyl groups excluding tert-OH is 1. The zero-order valence-corrected chi connectivity index (χ0v) is 53.2. The molecular weight excluding hydrogens is 945 g/mol. The Hall–Kier alpha value is -0.596. The molecule has 0 saturated heterocycles. The number of hydrogen-bond donors (Lipinski definition) is 1. The summed E-state index contributed by atoms with van der Waals surface area (Å²) in [7, 11) is -7.15. The Morgan fingerprint density at radius 2 is 0.736 bits per heavy atom. The van der Waals surface area contributed by atoms with Gasteiger partial charge in [0, 0.05) is 25.7 Å². The quantitative estimate of drug-likeness (QED) is 0.0514. The highest BCUT2D eigenvalue weighted by Crippen LogP contribution is 2.38. The van der Waals surface area contributed by atoms with Crippen molar-refractivity contribution < 1.29 is 31.9 Å². The minimum absolute atomic E-state index is 0.0592. The first-order valence-electron chi connectivity index (χ1n) is 30.5. The lowest BCUT2D eigenvalue weighted by Gasteiger charge is -2.37. The SMILES string of the molecule is CCCCCCCCCCCCCCCCCCOC[C@@H](CO[Si](C)(C)C(C)(C)C)CS(=O)(=O)c1ccc(C)cc1.CCCCCCCCCCCCCCCCCCOC[C@H](O)CO[Si](C)(C)C(C)(C)C. The lowest BCUT2D eigenvalue weighted by atomic mass is 10.0. The predicted octanol–water partition coefficient (Wildman–Crippen LogP) is 19.3. The maximum atomic E-state index is 13.2. The zero-order chi connectivity index (χ0) is 54.0. The monoisotopic (exact) mass is 1070 g/mol. The first-order chi connectivity index (χ1) is 34.1. The fourth-order valence-corrected chi connectivity index (χ4v) is 12.1. The van der Waals surface area contributed by atoms with Crippen LogP contribution in [0.5, 0.6) is 0 Å². The Morgan fingerprint density at radius 1 is 0.444 bits per heavy atom. The minimum Gasteiger partial charge on any atom is -0.416 e. The van der Waals surface area contributed by atoms with Crippen molar-refractivity contribution in [3.63, 3.8) is 0 Å². The first kappa shape index (κ1) is 71.4. The molecule has 1 rings (SSSR count). The van der Waals surface area contributed by atoms with E-state index in [1.54, 1.807) is 12.1 Å². The van der Waals surface area contributed by atoms with E-state index in [-0.39, 0.29) is 21.7 Å². The third-order valence-corrected chi connectivity index (χ3v) is 26.6. The Labute approximate surface area is 452 Å². The van der Waals surface area contributed by atoms with E-state index >= 15 is 0 Å². The van der Waals surface area contributed by atoms with Crippen LogP contribution >= 0.6 is 0 Å². The summed E-state index contributed by atoms with van der Waals surface area (Å²) >= 11 is 0. The van der Waals surface area contributed by atoms with Gasteiger partial charge in [0.05, 0.1) is 36.6 Å². The molecule has 2 atom stereocenters. The van der Waals surface area contributed by atoms with Crippen molar-refractivity contribution in [2.75, 3.05) is 45.4 Å². The maximum absolute atomic E-state index is 13.2. The Balaban J connectivity index is 0.00000146. The van der Waals surface area contributed by atoms with E-state index < -0.39 is 32.6 Å². The van der Waals surface area contributed by atoms with Crippen molar-refractivity contribution in [2.24, 2.45) is 5.92 Å². The minimum atomic E-state index is -3.40. The smallest absolute Gasteiger partial charge is 0.192 e. The molecule has 0 amide bonds. The molecule has 7 nitrogen and oxygen atoms in total. The molecule has 0 saturated carbocycles. The van der Waals surface area contributed by atoms with E-state index in [4.69, 9.17) is 18.3 Å². The molecule has 0 radical (unpaired) electrons. The number of unbranched alkanes of at least 4 members (excludes halogenated alkanes) is 30. The van der Waals surface area contributed by atoms with Crippen LogP contribution in [-0.4, -0.2) is 81.7 Å². The molecule has 0 aliphatic rings. The van der Waals surface area contributed by atoms with E-state index in [2.05, 4.69) is 81.6 Å². The van der Waals surface area contributed by atoms with Crippen LogP contribution in [-0.2, 0) is 28.2 Å². The fourth-order valence-electron chi connectivity index (χ4n) is 8.38. The van der Waals surface area contributed by atoms with Crippen molar-refractivity contribution in [1.82, 2.24) is 0 Å². The maximum Gasteiger partial charge on any atom is 0.192 e. The van der Waals surface area contributed by atoms with Crippen molar-refractivity contribution in [3.05, 3.63) is 29.8 Å². The number of benzene rings is 1.